The summed E-state index contributed by atoms with van der Waals surface area (Å²) in [4.78, 5) is 15.6. The topological polar surface area (TPSA) is 53.0 Å². The Kier molecular flexibility index (Phi) is 5.44. The van der Waals surface area contributed by atoms with E-state index >= 15 is 0 Å². The van der Waals surface area contributed by atoms with Crippen LogP contribution in [-0.4, -0.2) is 48.9 Å². The third-order valence-corrected chi connectivity index (χ3v) is 3.84. The molecule has 2 rings (SSSR count). The van der Waals surface area contributed by atoms with Gasteiger partial charge in [-0.2, -0.15) is 0 Å². The average Bonchev–Trinajstić information content (AvgIpc) is 2.54. The highest BCUT2D eigenvalue weighted by atomic mass is 16.6. The fourth-order valence-corrected chi connectivity index (χ4v) is 2.50. The molecule has 116 valence electrons. The first-order valence-electron chi connectivity index (χ1n) is 7.60. The molecule has 1 N–H and O–H groups in total. The van der Waals surface area contributed by atoms with Gasteiger partial charge in [-0.05, 0) is 31.0 Å². The predicted octanol–water partition coefficient (Wildman–Crippen LogP) is 2.41. The lowest BCUT2D eigenvalue weighted by Gasteiger charge is -2.35. The zero-order valence-electron chi connectivity index (χ0n) is 12.8. The van der Waals surface area contributed by atoms with Crippen LogP contribution in [0.15, 0.2) is 24.3 Å². The quantitative estimate of drug-likeness (QED) is 0.926. The average molecular weight is 292 g/mol. The third-order valence-electron chi connectivity index (χ3n) is 3.84. The summed E-state index contributed by atoms with van der Waals surface area (Å²) >= 11 is 0. The number of aliphatic hydroxyl groups excluding tert-OH is 1. The number of hydrogen-bond donors (Lipinski definition) is 1. The number of amides is 1. The lowest BCUT2D eigenvalue weighted by Crippen LogP contribution is -2.49. The Balaban J connectivity index is 1.91. The molecule has 0 bridgehead atoms. The Morgan fingerprint density at radius 1 is 1.19 bits per heavy atom. The Morgan fingerprint density at radius 2 is 1.81 bits per heavy atom. The first kappa shape index (κ1) is 15.6. The monoisotopic (exact) mass is 292 g/mol. The van der Waals surface area contributed by atoms with E-state index in [0.29, 0.717) is 19.7 Å². The molecule has 1 amide bonds. The van der Waals surface area contributed by atoms with Gasteiger partial charge in [0.25, 0.3) is 0 Å². The number of aliphatic hydroxyl groups is 1. The van der Waals surface area contributed by atoms with E-state index in [2.05, 4.69) is 4.90 Å². The van der Waals surface area contributed by atoms with Crippen LogP contribution in [0.4, 0.5) is 10.5 Å². The fourth-order valence-electron chi connectivity index (χ4n) is 2.50. The van der Waals surface area contributed by atoms with E-state index in [9.17, 15) is 9.90 Å². The van der Waals surface area contributed by atoms with E-state index in [1.165, 1.54) is 0 Å². The first-order chi connectivity index (χ1) is 10.2. The van der Waals surface area contributed by atoms with Crippen molar-refractivity contribution in [3.63, 3.8) is 0 Å². The van der Waals surface area contributed by atoms with Crippen LogP contribution in [0.2, 0.25) is 0 Å². The van der Waals surface area contributed by atoms with Crippen molar-refractivity contribution in [3.05, 3.63) is 29.8 Å². The van der Waals surface area contributed by atoms with Gasteiger partial charge < -0.3 is 19.6 Å². The molecule has 5 heteroatoms. The van der Waals surface area contributed by atoms with Crippen LogP contribution in [0, 0.1) is 0 Å². The maximum Gasteiger partial charge on any atom is 0.409 e. The van der Waals surface area contributed by atoms with Crippen molar-refractivity contribution in [2.75, 3.05) is 37.7 Å². The van der Waals surface area contributed by atoms with Gasteiger partial charge in [0.2, 0.25) is 0 Å². The predicted molar refractivity (Wildman–Crippen MR) is 82.5 cm³/mol. The molecule has 0 unspecified atom stereocenters. The molecule has 0 spiro atoms. The van der Waals surface area contributed by atoms with Gasteiger partial charge in [0.1, 0.15) is 0 Å². The largest absolute Gasteiger partial charge is 0.450 e. The summed E-state index contributed by atoms with van der Waals surface area (Å²) in [5.74, 6) is 0. The van der Waals surface area contributed by atoms with E-state index < -0.39 is 0 Å². The van der Waals surface area contributed by atoms with Gasteiger partial charge in [0, 0.05) is 31.9 Å². The van der Waals surface area contributed by atoms with Gasteiger partial charge in [-0.15, -0.1) is 0 Å². The van der Waals surface area contributed by atoms with Crippen molar-refractivity contribution in [3.8, 4) is 0 Å². The van der Waals surface area contributed by atoms with Crippen molar-refractivity contribution in [2.24, 2.45) is 0 Å². The smallest absolute Gasteiger partial charge is 0.409 e. The molecule has 0 radical (unpaired) electrons. The highest BCUT2D eigenvalue weighted by Gasteiger charge is 2.22. The highest BCUT2D eigenvalue weighted by molar-refractivity contribution is 5.68. The summed E-state index contributed by atoms with van der Waals surface area (Å²) in [6, 6.07) is 8.02. The molecule has 1 aliphatic heterocycles. The van der Waals surface area contributed by atoms with E-state index in [-0.39, 0.29) is 12.2 Å². The second kappa shape index (κ2) is 7.31. The normalized spacial score (nSPS) is 16.7. The number of nitrogens with zero attached hydrogens (tertiary/aromatic N) is 2. The number of ether oxygens (including phenoxy) is 1. The van der Waals surface area contributed by atoms with Crippen LogP contribution in [0.3, 0.4) is 0 Å². The van der Waals surface area contributed by atoms with E-state index in [0.717, 1.165) is 30.8 Å². The number of benzene rings is 1. The van der Waals surface area contributed by atoms with E-state index in [4.69, 9.17) is 4.74 Å². The summed E-state index contributed by atoms with van der Waals surface area (Å²) in [6.07, 6.45) is 0.107. The van der Waals surface area contributed by atoms with Crippen LogP contribution in [0.5, 0.6) is 0 Å². The first-order valence-corrected chi connectivity index (χ1v) is 7.60. The second-order valence-electron chi connectivity index (χ2n) is 5.19. The number of anilines is 1. The van der Waals surface area contributed by atoms with Gasteiger partial charge >= 0.3 is 6.09 Å². The van der Waals surface area contributed by atoms with Gasteiger partial charge in [-0.3, -0.25) is 0 Å². The molecular weight excluding hydrogens is 268 g/mol. The molecule has 1 fully saturated rings. The molecule has 1 aromatic rings. The minimum Gasteiger partial charge on any atom is -0.450 e. The Hall–Kier alpha value is -1.75. The van der Waals surface area contributed by atoms with Crippen LogP contribution in [0.25, 0.3) is 0 Å². The van der Waals surface area contributed by atoms with Crippen molar-refractivity contribution in [2.45, 2.75) is 26.4 Å². The lowest BCUT2D eigenvalue weighted by atomic mass is 10.1. The van der Waals surface area contributed by atoms with Gasteiger partial charge in [0.05, 0.1) is 12.7 Å². The molecule has 21 heavy (non-hydrogen) atoms. The van der Waals surface area contributed by atoms with Gasteiger partial charge in [-0.1, -0.05) is 19.1 Å². The zero-order chi connectivity index (χ0) is 15.2. The standard InChI is InChI=1S/C16H24N2O3/c1-3-15(19)13-5-7-14(8-6-13)17-9-11-18(12-10-17)16(20)21-4-2/h5-8,15,19H,3-4,9-12H2,1-2H3/t15-/m0/s1. The molecule has 1 heterocycles. The number of rotatable bonds is 4. The highest BCUT2D eigenvalue weighted by Crippen LogP contribution is 2.22. The molecule has 1 atom stereocenters. The summed E-state index contributed by atoms with van der Waals surface area (Å²) in [5, 5.41) is 9.81. The zero-order valence-corrected chi connectivity index (χ0v) is 12.8. The Labute approximate surface area is 126 Å². The van der Waals surface area contributed by atoms with E-state index in [1.54, 1.807) is 4.90 Å². The van der Waals surface area contributed by atoms with Gasteiger partial charge in [0.15, 0.2) is 0 Å². The maximum absolute atomic E-state index is 11.7. The summed E-state index contributed by atoms with van der Waals surface area (Å²) in [7, 11) is 0. The lowest BCUT2D eigenvalue weighted by molar-refractivity contribution is 0.105. The van der Waals surface area contributed by atoms with Crippen molar-refractivity contribution >= 4 is 11.8 Å². The number of carbonyl (C=O) groups excluding carboxylic acids is 1. The molecule has 0 aromatic heterocycles. The third kappa shape index (κ3) is 3.88. The van der Waals surface area contributed by atoms with Crippen LogP contribution in [0.1, 0.15) is 31.9 Å². The van der Waals surface area contributed by atoms with Gasteiger partial charge in [-0.25, -0.2) is 4.79 Å². The second-order valence-corrected chi connectivity index (χ2v) is 5.19. The van der Waals surface area contributed by atoms with Crippen LogP contribution < -0.4 is 4.90 Å². The number of carbonyl (C=O) groups is 1. The molecular formula is C16H24N2O3. The molecule has 5 nitrogen and oxygen atoms in total. The number of piperazine rings is 1. The fraction of sp³-hybridized carbons (Fsp3) is 0.562. The van der Waals surface area contributed by atoms with E-state index in [1.807, 2.05) is 38.1 Å². The Morgan fingerprint density at radius 3 is 2.33 bits per heavy atom. The summed E-state index contributed by atoms with van der Waals surface area (Å²) in [5.41, 5.74) is 2.08. The number of hydrogen-bond acceptors (Lipinski definition) is 4. The maximum atomic E-state index is 11.7. The Bertz CT molecular complexity index is 453. The molecule has 1 saturated heterocycles. The summed E-state index contributed by atoms with van der Waals surface area (Å²) in [6.45, 7) is 7.16. The molecule has 0 aliphatic carbocycles. The van der Waals surface area contributed by atoms with Crippen molar-refractivity contribution in [1.29, 1.82) is 0 Å². The SMILES string of the molecule is CCOC(=O)N1CCN(c2ccc([C@@H](O)CC)cc2)CC1. The molecule has 1 aromatic carbocycles. The summed E-state index contributed by atoms with van der Waals surface area (Å²) < 4.78 is 5.02. The van der Waals surface area contributed by atoms with Crippen LogP contribution >= 0.6 is 0 Å². The minimum absolute atomic E-state index is 0.224. The van der Waals surface area contributed by atoms with Crippen molar-refractivity contribution in [1.82, 2.24) is 4.90 Å². The van der Waals surface area contributed by atoms with Crippen LogP contribution in [-0.2, 0) is 4.74 Å². The molecule has 0 saturated carbocycles. The minimum atomic E-state index is -0.389. The van der Waals surface area contributed by atoms with Crippen molar-refractivity contribution < 1.29 is 14.6 Å². The molecule has 1 aliphatic rings.